The third-order valence-electron chi connectivity index (χ3n) is 3.64. The van der Waals surface area contributed by atoms with E-state index in [1.807, 2.05) is 51.8 Å². The zero-order valence-electron chi connectivity index (χ0n) is 12.9. The molecule has 0 bridgehead atoms. The number of rotatable bonds is 6. The fourth-order valence-electron chi connectivity index (χ4n) is 2.60. The van der Waals surface area contributed by atoms with E-state index in [1.165, 1.54) is 4.90 Å². The van der Waals surface area contributed by atoms with Crippen molar-refractivity contribution >= 4 is 11.9 Å². The first kappa shape index (κ1) is 15.9. The van der Waals surface area contributed by atoms with Gasteiger partial charge in [0.2, 0.25) is 0 Å². The molecule has 1 aliphatic heterocycles. The van der Waals surface area contributed by atoms with Crippen LogP contribution in [0, 0.1) is 0 Å². The summed E-state index contributed by atoms with van der Waals surface area (Å²) < 4.78 is 0. The maximum absolute atomic E-state index is 12.6. The molecule has 0 atom stereocenters. The van der Waals surface area contributed by atoms with E-state index in [2.05, 4.69) is 0 Å². The lowest BCUT2D eigenvalue weighted by molar-refractivity contribution is -0.135. The van der Waals surface area contributed by atoms with Crippen LogP contribution in [-0.2, 0) is 4.79 Å². The monoisotopic (exact) mass is 270 g/mol. The van der Waals surface area contributed by atoms with E-state index in [9.17, 15) is 9.59 Å². The molecule has 6 nitrogen and oxygen atoms in total. The molecule has 19 heavy (non-hydrogen) atoms. The van der Waals surface area contributed by atoms with Gasteiger partial charge in [-0.15, -0.1) is 0 Å². The van der Waals surface area contributed by atoms with Crippen molar-refractivity contribution < 1.29 is 9.59 Å². The van der Waals surface area contributed by atoms with Crippen LogP contribution >= 0.6 is 0 Å². The highest BCUT2D eigenvalue weighted by molar-refractivity contribution is 6.06. The molecule has 0 aromatic carbocycles. The van der Waals surface area contributed by atoms with Gasteiger partial charge in [0.1, 0.15) is 5.54 Å². The Labute approximate surface area is 115 Å². The van der Waals surface area contributed by atoms with Gasteiger partial charge in [0.15, 0.2) is 0 Å². The lowest BCUT2D eigenvalue weighted by atomic mass is 9.91. The fraction of sp³-hybridized carbons (Fsp3) is 0.846. The highest BCUT2D eigenvalue weighted by Gasteiger charge is 2.55. The summed E-state index contributed by atoms with van der Waals surface area (Å²) in [5, 5.41) is 0. The van der Waals surface area contributed by atoms with Crippen LogP contribution in [0.1, 0.15) is 26.7 Å². The van der Waals surface area contributed by atoms with E-state index < -0.39 is 5.54 Å². The van der Waals surface area contributed by atoms with Crippen molar-refractivity contribution in [2.45, 2.75) is 32.2 Å². The minimum atomic E-state index is -0.683. The van der Waals surface area contributed by atoms with Crippen molar-refractivity contribution in [1.29, 1.82) is 0 Å². The van der Waals surface area contributed by atoms with E-state index in [-0.39, 0.29) is 11.9 Å². The van der Waals surface area contributed by atoms with Crippen LogP contribution in [0.15, 0.2) is 0 Å². The molecule has 0 aromatic heterocycles. The van der Waals surface area contributed by atoms with Crippen LogP contribution in [0.3, 0.4) is 0 Å². The number of imide groups is 1. The maximum Gasteiger partial charge on any atom is 0.329 e. The molecule has 0 unspecified atom stereocenters. The molecule has 0 radical (unpaired) electrons. The van der Waals surface area contributed by atoms with Crippen LogP contribution in [-0.4, -0.2) is 78.6 Å². The Morgan fingerprint density at radius 2 is 1.42 bits per heavy atom. The third-order valence-corrected chi connectivity index (χ3v) is 3.64. The van der Waals surface area contributed by atoms with E-state index in [0.29, 0.717) is 26.2 Å². The van der Waals surface area contributed by atoms with Crippen molar-refractivity contribution in [3.63, 3.8) is 0 Å². The van der Waals surface area contributed by atoms with Gasteiger partial charge in [0.05, 0.1) is 13.3 Å². The predicted molar refractivity (Wildman–Crippen MR) is 74.5 cm³/mol. The molecule has 0 aliphatic carbocycles. The second kappa shape index (κ2) is 5.88. The highest BCUT2D eigenvalue weighted by Crippen LogP contribution is 2.34. The van der Waals surface area contributed by atoms with Crippen LogP contribution in [0.5, 0.6) is 0 Å². The van der Waals surface area contributed by atoms with Gasteiger partial charge in [-0.3, -0.25) is 19.5 Å². The first-order valence-corrected chi connectivity index (χ1v) is 6.73. The van der Waals surface area contributed by atoms with Gasteiger partial charge in [0, 0.05) is 0 Å². The van der Waals surface area contributed by atoms with Crippen LogP contribution in [0.2, 0.25) is 0 Å². The van der Waals surface area contributed by atoms with E-state index in [0.717, 1.165) is 0 Å². The zero-order chi connectivity index (χ0) is 14.8. The SMILES string of the molecule is CCC1(CC)C(=O)N(CN(C)C)C(=O)N1CN(C)C. The summed E-state index contributed by atoms with van der Waals surface area (Å²) in [6.07, 6.45) is 1.29. The highest BCUT2D eigenvalue weighted by atomic mass is 16.2. The minimum absolute atomic E-state index is 0.0712. The Hall–Kier alpha value is -1.14. The zero-order valence-corrected chi connectivity index (χ0v) is 12.9. The fourth-order valence-corrected chi connectivity index (χ4v) is 2.60. The largest absolute Gasteiger partial charge is 0.329 e. The lowest BCUT2D eigenvalue weighted by Gasteiger charge is -2.35. The van der Waals surface area contributed by atoms with Gasteiger partial charge in [0.25, 0.3) is 5.91 Å². The van der Waals surface area contributed by atoms with E-state index >= 15 is 0 Å². The minimum Gasteiger partial charge on any atom is -0.297 e. The Kier molecular flexibility index (Phi) is 4.92. The molecular formula is C13H26N4O2. The van der Waals surface area contributed by atoms with Gasteiger partial charge in [-0.05, 0) is 41.0 Å². The van der Waals surface area contributed by atoms with Crippen LogP contribution in [0.4, 0.5) is 4.79 Å². The first-order valence-electron chi connectivity index (χ1n) is 6.73. The van der Waals surface area contributed by atoms with Gasteiger partial charge in [-0.25, -0.2) is 9.69 Å². The Bertz CT molecular complexity index is 351. The standard InChI is InChI=1S/C13H26N4O2/c1-7-13(8-2)11(18)16(9-14(3)4)12(19)17(13)10-15(5)6/h7-10H2,1-6H3. The van der Waals surface area contributed by atoms with Gasteiger partial charge in [-0.1, -0.05) is 13.8 Å². The normalized spacial score (nSPS) is 19.2. The molecule has 1 saturated heterocycles. The molecule has 0 N–H and O–H groups in total. The van der Waals surface area contributed by atoms with Gasteiger partial charge >= 0.3 is 6.03 Å². The molecule has 110 valence electrons. The lowest BCUT2D eigenvalue weighted by Crippen LogP contribution is -2.51. The molecule has 0 saturated carbocycles. The summed E-state index contributed by atoms with van der Waals surface area (Å²) in [6.45, 7) is 4.74. The number of amides is 3. The van der Waals surface area contributed by atoms with Gasteiger partial charge < -0.3 is 0 Å². The molecule has 0 aromatic rings. The average Bonchev–Trinajstić information content (AvgIpc) is 2.51. The second-order valence-electron chi connectivity index (χ2n) is 5.62. The van der Waals surface area contributed by atoms with Crippen molar-refractivity contribution in [2.75, 3.05) is 41.5 Å². The molecule has 6 heteroatoms. The summed E-state index contributed by atoms with van der Waals surface area (Å²) >= 11 is 0. The molecule has 3 amide bonds. The molecule has 1 rings (SSSR count). The van der Waals surface area contributed by atoms with Crippen molar-refractivity contribution in [3.05, 3.63) is 0 Å². The number of carbonyl (C=O) groups is 2. The number of urea groups is 1. The van der Waals surface area contributed by atoms with E-state index in [1.54, 1.807) is 4.90 Å². The number of carbonyl (C=O) groups excluding carboxylic acids is 2. The smallest absolute Gasteiger partial charge is 0.297 e. The average molecular weight is 270 g/mol. The van der Waals surface area contributed by atoms with Crippen molar-refractivity contribution in [2.24, 2.45) is 0 Å². The van der Waals surface area contributed by atoms with Gasteiger partial charge in [-0.2, -0.15) is 0 Å². The molecular weight excluding hydrogens is 244 g/mol. The summed E-state index contributed by atoms with van der Waals surface area (Å²) in [4.78, 5) is 32.0. The summed E-state index contributed by atoms with van der Waals surface area (Å²) in [7, 11) is 7.52. The second-order valence-corrected chi connectivity index (χ2v) is 5.62. The Morgan fingerprint density at radius 1 is 0.947 bits per heavy atom. The number of hydrogen-bond acceptors (Lipinski definition) is 4. The third kappa shape index (κ3) is 2.74. The van der Waals surface area contributed by atoms with Crippen molar-refractivity contribution in [3.8, 4) is 0 Å². The van der Waals surface area contributed by atoms with Crippen LogP contribution < -0.4 is 0 Å². The summed E-state index contributed by atoms with van der Waals surface area (Å²) in [5.41, 5.74) is -0.683. The molecule has 1 aliphatic rings. The molecule has 1 fully saturated rings. The van der Waals surface area contributed by atoms with Crippen molar-refractivity contribution in [1.82, 2.24) is 19.6 Å². The van der Waals surface area contributed by atoms with E-state index in [4.69, 9.17) is 0 Å². The quantitative estimate of drug-likeness (QED) is 0.671. The number of nitrogens with zero attached hydrogens (tertiary/aromatic N) is 4. The summed E-state index contributed by atoms with van der Waals surface area (Å²) in [5.74, 6) is -0.0712. The topological polar surface area (TPSA) is 47.1 Å². The predicted octanol–water partition coefficient (Wildman–Crippen LogP) is 0.848. The first-order chi connectivity index (χ1) is 8.80. The van der Waals surface area contributed by atoms with Crippen LogP contribution in [0.25, 0.3) is 0 Å². The Balaban J connectivity index is 3.12. The molecule has 1 heterocycles. The Morgan fingerprint density at radius 3 is 1.79 bits per heavy atom. The summed E-state index contributed by atoms with van der Waals surface area (Å²) in [6, 6.07) is -0.184. The number of hydrogen-bond donors (Lipinski definition) is 0. The molecule has 0 spiro atoms. The maximum atomic E-state index is 12.6.